The van der Waals surface area contributed by atoms with Crippen LogP contribution in [0.1, 0.15) is 19.3 Å². The van der Waals surface area contributed by atoms with Crippen molar-refractivity contribution in [2.45, 2.75) is 31.6 Å². The first-order valence-corrected chi connectivity index (χ1v) is 6.71. The number of thioether (sulfide) groups is 1. The summed E-state index contributed by atoms with van der Waals surface area (Å²) in [7, 11) is 1.40. The van der Waals surface area contributed by atoms with Gasteiger partial charge in [0.2, 0.25) is 0 Å². The first kappa shape index (κ1) is 12.7. The molecule has 2 aliphatic heterocycles. The molecule has 1 saturated heterocycles. The number of hydrogen-bond donors (Lipinski definition) is 1. The number of esters is 1. The average molecular weight is 260 g/mol. The van der Waals surface area contributed by atoms with Crippen LogP contribution in [-0.2, 0) is 9.53 Å². The minimum Gasteiger partial charge on any atom is -0.469 e. The Kier molecular flexibility index (Phi) is 4.28. The van der Waals surface area contributed by atoms with E-state index in [-0.39, 0.29) is 12.1 Å². The summed E-state index contributed by atoms with van der Waals surface area (Å²) in [5, 5.41) is 3.15. The Hall–Kier alpha value is -0.750. The van der Waals surface area contributed by atoms with Crippen molar-refractivity contribution < 1.29 is 13.9 Å². The minimum atomic E-state index is -0.738. The molecule has 17 heavy (non-hydrogen) atoms. The second-order valence-electron chi connectivity index (χ2n) is 4.22. The van der Waals surface area contributed by atoms with E-state index in [1.54, 1.807) is 11.8 Å². The summed E-state index contributed by atoms with van der Waals surface area (Å²) >= 11 is 1.71. The number of carbonyl (C=O) groups is 1. The van der Waals surface area contributed by atoms with E-state index in [4.69, 9.17) is 0 Å². The summed E-state index contributed by atoms with van der Waals surface area (Å²) in [6.45, 7) is 0.442. The van der Waals surface area contributed by atoms with Gasteiger partial charge < -0.3 is 9.64 Å². The molecule has 0 saturated carbocycles. The lowest BCUT2D eigenvalue weighted by molar-refractivity contribution is -0.140. The quantitative estimate of drug-likeness (QED) is 0.775. The van der Waals surface area contributed by atoms with Crippen LogP contribution >= 0.6 is 11.8 Å². The minimum absolute atomic E-state index is 0.105. The Morgan fingerprint density at radius 3 is 3.24 bits per heavy atom. The maximum absolute atomic E-state index is 13.0. The molecule has 6 heteroatoms. The van der Waals surface area contributed by atoms with Gasteiger partial charge in [-0.3, -0.25) is 10.1 Å². The van der Waals surface area contributed by atoms with Crippen LogP contribution in [0, 0.1) is 0 Å². The summed E-state index contributed by atoms with van der Waals surface area (Å²) in [6.07, 6.45) is 3.06. The maximum atomic E-state index is 13.0. The van der Waals surface area contributed by atoms with E-state index in [1.807, 2.05) is 6.20 Å². The molecule has 1 N–H and O–H groups in total. The monoisotopic (exact) mass is 260 g/mol. The zero-order chi connectivity index (χ0) is 12.3. The van der Waals surface area contributed by atoms with Crippen LogP contribution in [0.5, 0.6) is 0 Å². The number of nitrogens with zero attached hydrogens (tertiary/aromatic N) is 1. The number of carbonyl (C=O) groups excluding carboxylic acids is 1. The second-order valence-corrected chi connectivity index (χ2v) is 5.29. The lowest BCUT2D eigenvalue weighted by Gasteiger charge is -2.22. The van der Waals surface area contributed by atoms with Crippen molar-refractivity contribution in [3.05, 3.63) is 11.1 Å². The zero-order valence-electron chi connectivity index (χ0n) is 9.82. The molecule has 0 radical (unpaired) electrons. The van der Waals surface area contributed by atoms with Gasteiger partial charge in [0.05, 0.1) is 25.6 Å². The summed E-state index contributed by atoms with van der Waals surface area (Å²) in [6, 6.07) is 0. The van der Waals surface area contributed by atoms with Crippen molar-refractivity contribution >= 4 is 17.7 Å². The van der Waals surface area contributed by atoms with Gasteiger partial charge in [0.1, 0.15) is 6.17 Å². The summed E-state index contributed by atoms with van der Waals surface area (Å²) in [4.78, 5) is 14.3. The highest BCUT2D eigenvalue weighted by atomic mass is 32.2. The predicted molar refractivity (Wildman–Crippen MR) is 64.9 cm³/mol. The van der Waals surface area contributed by atoms with Crippen molar-refractivity contribution in [2.24, 2.45) is 0 Å². The smallest absolute Gasteiger partial charge is 0.305 e. The summed E-state index contributed by atoms with van der Waals surface area (Å²) in [5.74, 6) is 0.647. The normalized spacial score (nSPS) is 28.4. The van der Waals surface area contributed by atoms with E-state index < -0.39 is 6.17 Å². The number of rotatable bonds is 4. The SMILES string of the molecule is COC(=O)CCC1=CN(C2C[C@H](F)CN2)CS1. The molecular formula is C11H17FN2O2S. The Morgan fingerprint density at radius 1 is 1.76 bits per heavy atom. The third-order valence-corrected chi connectivity index (χ3v) is 4.07. The van der Waals surface area contributed by atoms with Crippen LogP contribution in [0.3, 0.4) is 0 Å². The predicted octanol–water partition coefficient (Wildman–Crippen LogP) is 1.44. The Labute approximate surface area is 105 Å². The number of allylic oxidation sites excluding steroid dienone is 1. The van der Waals surface area contributed by atoms with Crippen LogP contribution in [0.25, 0.3) is 0 Å². The highest BCUT2D eigenvalue weighted by Gasteiger charge is 2.29. The number of halogens is 1. The van der Waals surface area contributed by atoms with E-state index in [2.05, 4.69) is 15.0 Å². The molecule has 0 aromatic heterocycles. The van der Waals surface area contributed by atoms with Gasteiger partial charge in [0.25, 0.3) is 0 Å². The molecule has 0 aromatic rings. The van der Waals surface area contributed by atoms with Crippen LogP contribution in [0.2, 0.25) is 0 Å². The number of ether oxygens (including phenoxy) is 1. The second kappa shape index (κ2) is 5.73. The number of alkyl halides is 1. The molecule has 96 valence electrons. The summed E-state index contributed by atoms with van der Waals surface area (Å²) in [5.41, 5.74) is 0. The number of methoxy groups -OCH3 is 1. The van der Waals surface area contributed by atoms with Gasteiger partial charge in [-0.25, -0.2) is 4.39 Å². The fraction of sp³-hybridized carbons (Fsp3) is 0.727. The third-order valence-electron chi connectivity index (χ3n) is 2.97. The lowest BCUT2D eigenvalue weighted by atomic mass is 10.3. The van der Waals surface area contributed by atoms with E-state index in [0.717, 1.165) is 5.88 Å². The molecule has 2 rings (SSSR count). The molecule has 0 amide bonds. The van der Waals surface area contributed by atoms with Crippen molar-refractivity contribution in [3.8, 4) is 0 Å². The van der Waals surface area contributed by atoms with Gasteiger partial charge >= 0.3 is 5.97 Å². The van der Waals surface area contributed by atoms with E-state index in [9.17, 15) is 9.18 Å². The highest BCUT2D eigenvalue weighted by Crippen LogP contribution is 2.31. The molecule has 1 unspecified atom stereocenters. The first-order valence-electron chi connectivity index (χ1n) is 5.72. The summed E-state index contributed by atoms with van der Waals surface area (Å²) < 4.78 is 17.6. The first-order chi connectivity index (χ1) is 8.19. The van der Waals surface area contributed by atoms with Gasteiger partial charge in [-0.2, -0.15) is 0 Å². The Bertz CT molecular complexity index is 325. The van der Waals surface area contributed by atoms with Crippen molar-refractivity contribution in [1.82, 2.24) is 10.2 Å². The van der Waals surface area contributed by atoms with Gasteiger partial charge in [-0.05, 0) is 6.42 Å². The molecule has 0 aromatic carbocycles. The van der Waals surface area contributed by atoms with Gasteiger partial charge in [0.15, 0.2) is 0 Å². The van der Waals surface area contributed by atoms with Crippen LogP contribution in [0.4, 0.5) is 4.39 Å². The molecule has 2 aliphatic rings. The van der Waals surface area contributed by atoms with Gasteiger partial charge in [-0.15, -0.1) is 11.8 Å². The van der Waals surface area contributed by atoms with Crippen LogP contribution in [0.15, 0.2) is 11.1 Å². The fourth-order valence-electron chi connectivity index (χ4n) is 1.99. The number of hydrogen-bond acceptors (Lipinski definition) is 5. The molecule has 0 aliphatic carbocycles. The van der Waals surface area contributed by atoms with Crippen molar-refractivity contribution in [1.29, 1.82) is 0 Å². The molecule has 1 fully saturated rings. The van der Waals surface area contributed by atoms with Crippen molar-refractivity contribution in [2.75, 3.05) is 19.5 Å². The third kappa shape index (κ3) is 3.35. The van der Waals surface area contributed by atoms with E-state index >= 15 is 0 Å². The fourth-order valence-corrected chi connectivity index (χ4v) is 3.01. The van der Waals surface area contributed by atoms with Crippen LogP contribution in [-0.4, -0.2) is 42.7 Å². The van der Waals surface area contributed by atoms with Crippen LogP contribution < -0.4 is 5.32 Å². The molecule has 2 heterocycles. The molecule has 4 nitrogen and oxygen atoms in total. The molecule has 2 atom stereocenters. The Balaban J connectivity index is 1.80. The molecular weight excluding hydrogens is 243 g/mol. The van der Waals surface area contributed by atoms with Gasteiger partial charge in [0, 0.05) is 24.1 Å². The topological polar surface area (TPSA) is 41.6 Å². The maximum Gasteiger partial charge on any atom is 0.305 e. The van der Waals surface area contributed by atoms with E-state index in [1.165, 1.54) is 12.0 Å². The Morgan fingerprint density at radius 2 is 2.59 bits per heavy atom. The largest absolute Gasteiger partial charge is 0.469 e. The lowest BCUT2D eigenvalue weighted by Crippen LogP contribution is -2.36. The molecule has 0 spiro atoms. The van der Waals surface area contributed by atoms with Crippen molar-refractivity contribution in [3.63, 3.8) is 0 Å². The highest BCUT2D eigenvalue weighted by molar-refractivity contribution is 8.03. The average Bonchev–Trinajstić information content (AvgIpc) is 2.94. The molecule has 0 bridgehead atoms. The standard InChI is InChI=1S/C11H17FN2O2S/c1-16-11(15)3-2-9-6-14(7-17-9)10-4-8(12)5-13-10/h6,8,10,13H,2-5,7H2,1H3/t8-,10?/m0/s1. The van der Waals surface area contributed by atoms with E-state index in [0.29, 0.717) is 25.8 Å². The zero-order valence-corrected chi connectivity index (χ0v) is 10.6. The van der Waals surface area contributed by atoms with Gasteiger partial charge in [-0.1, -0.05) is 0 Å². The number of nitrogens with one attached hydrogen (secondary N) is 1.